The lowest BCUT2D eigenvalue weighted by Gasteiger charge is -2.25. The summed E-state index contributed by atoms with van der Waals surface area (Å²) >= 11 is 0. The highest BCUT2D eigenvalue weighted by atomic mass is 16.5. The van der Waals surface area contributed by atoms with Gasteiger partial charge in [-0.2, -0.15) is 0 Å². The summed E-state index contributed by atoms with van der Waals surface area (Å²) in [6.45, 7) is 1.46. The monoisotopic (exact) mass is 267 g/mol. The van der Waals surface area contributed by atoms with Gasteiger partial charge in [0.25, 0.3) is 0 Å². The number of rotatable bonds is 5. The summed E-state index contributed by atoms with van der Waals surface area (Å²) in [6, 6.07) is 16.8. The molecule has 1 saturated carbocycles. The Balaban J connectivity index is 1.64. The molecule has 1 aliphatic carbocycles. The minimum atomic E-state index is 0.591. The van der Waals surface area contributed by atoms with Gasteiger partial charge in [0, 0.05) is 6.54 Å². The molecule has 1 aliphatic rings. The average Bonchev–Trinajstić information content (AvgIpc) is 2.46. The zero-order chi connectivity index (χ0) is 13.8. The highest BCUT2D eigenvalue weighted by molar-refractivity contribution is 5.64. The van der Waals surface area contributed by atoms with Gasteiger partial charge in [0.15, 0.2) is 0 Å². The first-order valence-corrected chi connectivity index (χ1v) is 7.37. The molecule has 1 fully saturated rings. The van der Waals surface area contributed by atoms with Crippen LogP contribution in [0.4, 0.5) is 0 Å². The molecule has 0 atom stereocenters. The fourth-order valence-corrected chi connectivity index (χ4v) is 2.45. The minimum Gasteiger partial charge on any atom is -0.493 e. The van der Waals surface area contributed by atoms with Crippen molar-refractivity contribution in [2.45, 2.75) is 25.8 Å². The van der Waals surface area contributed by atoms with Crippen molar-refractivity contribution in [1.29, 1.82) is 0 Å². The maximum absolute atomic E-state index is 5.82. The van der Waals surface area contributed by atoms with E-state index in [0.29, 0.717) is 6.54 Å². The third-order valence-electron chi connectivity index (χ3n) is 4.09. The molecule has 2 aromatic carbocycles. The van der Waals surface area contributed by atoms with Crippen LogP contribution < -0.4 is 10.5 Å². The van der Waals surface area contributed by atoms with Gasteiger partial charge in [0.2, 0.25) is 0 Å². The second-order valence-corrected chi connectivity index (χ2v) is 5.53. The van der Waals surface area contributed by atoms with E-state index in [4.69, 9.17) is 10.5 Å². The van der Waals surface area contributed by atoms with E-state index in [9.17, 15) is 0 Å². The largest absolute Gasteiger partial charge is 0.493 e. The maximum atomic E-state index is 5.82. The van der Waals surface area contributed by atoms with Crippen LogP contribution in [0.3, 0.4) is 0 Å². The normalized spacial score (nSPS) is 14.8. The molecule has 0 amide bonds. The van der Waals surface area contributed by atoms with E-state index >= 15 is 0 Å². The van der Waals surface area contributed by atoms with Crippen LogP contribution in [-0.4, -0.2) is 6.61 Å². The van der Waals surface area contributed by atoms with Crippen molar-refractivity contribution < 1.29 is 4.74 Å². The SMILES string of the molecule is NCc1ccc(-c2ccc(OCC3CCC3)cc2)cc1. The van der Waals surface area contributed by atoms with E-state index in [2.05, 4.69) is 48.5 Å². The fraction of sp³-hybridized carbons (Fsp3) is 0.333. The predicted octanol–water partition coefficient (Wildman–Crippen LogP) is 3.99. The lowest BCUT2D eigenvalue weighted by molar-refractivity contribution is 0.180. The number of nitrogens with two attached hydrogens (primary N) is 1. The first kappa shape index (κ1) is 13.2. The molecule has 0 radical (unpaired) electrons. The Bertz CT molecular complexity index is 541. The van der Waals surface area contributed by atoms with Crippen molar-refractivity contribution in [2.24, 2.45) is 11.7 Å². The average molecular weight is 267 g/mol. The Hall–Kier alpha value is -1.80. The van der Waals surface area contributed by atoms with Crippen LogP contribution >= 0.6 is 0 Å². The minimum absolute atomic E-state index is 0.591. The third kappa shape index (κ3) is 3.02. The van der Waals surface area contributed by atoms with Crippen LogP contribution in [0.5, 0.6) is 5.75 Å². The molecule has 20 heavy (non-hydrogen) atoms. The van der Waals surface area contributed by atoms with E-state index < -0.39 is 0 Å². The van der Waals surface area contributed by atoms with Crippen molar-refractivity contribution in [3.63, 3.8) is 0 Å². The molecule has 0 aromatic heterocycles. The van der Waals surface area contributed by atoms with Crippen molar-refractivity contribution in [1.82, 2.24) is 0 Å². The topological polar surface area (TPSA) is 35.2 Å². The Morgan fingerprint density at radius 2 is 1.50 bits per heavy atom. The molecule has 0 spiro atoms. The van der Waals surface area contributed by atoms with Gasteiger partial charge in [-0.1, -0.05) is 42.8 Å². The third-order valence-corrected chi connectivity index (χ3v) is 4.09. The van der Waals surface area contributed by atoms with Crippen molar-refractivity contribution >= 4 is 0 Å². The van der Waals surface area contributed by atoms with Crippen LogP contribution in [0.2, 0.25) is 0 Å². The van der Waals surface area contributed by atoms with Crippen LogP contribution in [0.15, 0.2) is 48.5 Å². The summed E-state index contributed by atoms with van der Waals surface area (Å²) in [4.78, 5) is 0. The number of benzene rings is 2. The highest BCUT2D eigenvalue weighted by Crippen LogP contribution is 2.28. The standard InChI is InChI=1S/C18H21NO/c19-12-14-4-6-16(7-5-14)17-8-10-18(11-9-17)20-13-15-2-1-3-15/h4-11,15H,1-3,12-13,19H2. The molecule has 0 bridgehead atoms. The molecule has 2 N–H and O–H groups in total. The smallest absolute Gasteiger partial charge is 0.119 e. The first-order valence-electron chi connectivity index (χ1n) is 7.37. The molecule has 0 unspecified atom stereocenters. The van der Waals surface area contributed by atoms with Gasteiger partial charge in [-0.15, -0.1) is 0 Å². The Morgan fingerprint density at radius 1 is 0.900 bits per heavy atom. The van der Waals surface area contributed by atoms with E-state index in [1.807, 2.05) is 0 Å². The molecular formula is C18H21NO. The van der Waals surface area contributed by atoms with Gasteiger partial charge in [-0.3, -0.25) is 0 Å². The highest BCUT2D eigenvalue weighted by Gasteiger charge is 2.17. The van der Waals surface area contributed by atoms with Gasteiger partial charge >= 0.3 is 0 Å². The molecule has 0 saturated heterocycles. The number of ether oxygens (including phenoxy) is 1. The lowest BCUT2D eigenvalue weighted by Crippen LogP contribution is -2.19. The molecule has 2 nitrogen and oxygen atoms in total. The first-order chi connectivity index (χ1) is 9.85. The van der Waals surface area contributed by atoms with Crippen LogP contribution in [-0.2, 0) is 6.54 Å². The Kier molecular flexibility index (Phi) is 4.03. The van der Waals surface area contributed by atoms with Crippen LogP contribution in [0.25, 0.3) is 11.1 Å². The van der Waals surface area contributed by atoms with Gasteiger partial charge in [-0.25, -0.2) is 0 Å². The zero-order valence-electron chi connectivity index (χ0n) is 11.7. The second-order valence-electron chi connectivity index (χ2n) is 5.53. The van der Waals surface area contributed by atoms with E-state index in [1.54, 1.807) is 0 Å². The van der Waals surface area contributed by atoms with Crippen LogP contribution in [0, 0.1) is 5.92 Å². The van der Waals surface area contributed by atoms with Crippen molar-refractivity contribution in [2.75, 3.05) is 6.61 Å². The summed E-state index contributed by atoms with van der Waals surface area (Å²) in [6.07, 6.45) is 4.02. The Labute approximate surface area is 120 Å². The number of hydrogen-bond donors (Lipinski definition) is 1. The molecule has 2 aromatic rings. The Morgan fingerprint density at radius 3 is 2.00 bits per heavy atom. The van der Waals surface area contributed by atoms with Crippen molar-refractivity contribution in [3.05, 3.63) is 54.1 Å². The van der Waals surface area contributed by atoms with Gasteiger partial charge < -0.3 is 10.5 Å². The molecule has 3 rings (SSSR count). The summed E-state index contributed by atoms with van der Waals surface area (Å²) in [5, 5.41) is 0. The molecule has 2 heteroatoms. The lowest BCUT2D eigenvalue weighted by atomic mass is 9.86. The fourth-order valence-electron chi connectivity index (χ4n) is 2.45. The van der Waals surface area contributed by atoms with Gasteiger partial charge in [0.1, 0.15) is 5.75 Å². The quantitative estimate of drug-likeness (QED) is 0.889. The summed E-state index contributed by atoms with van der Waals surface area (Å²) in [5.41, 5.74) is 9.21. The number of hydrogen-bond acceptors (Lipinski definition) is 2. The summed E-state index contributed by atoms with van der Waals surface area (Å²) in [5.74, 6) is 1.75. The zero-order valence-corrected chi connectivity index (χ0v) is 11.7. The summed E-state index contributed by atoms with van der Waals surface area (Å²) < 4.78 is 5.82. The molecule has 0 aliphatic heterocycles. The van der Waals surface area contributed by atoms with Crippen LogP contribution in [0.1, 0.15) is 24.8 Å². The van der Waals surface area contributed by atoms with E-state index in [0.717, 1.165) is 23.8 Å². The summed E-state index contributed by atoms with van der Waals surface area (Å²) in [7, 11) is 0. The van der Waals surface area contributed by atoms with Gasteiger partial charge in [0.05, 0.1) is 6.61 Å². The second kappa shape index (κ2) is 6.10. The van der Waals surface area contributed by atoms with Crippen molar-refractivity contribution in [3.8, 4) is 16.9 Å². The molecular weight excluding hydrogens is 246 g/mol. The molecule has 0 heterocycles. The van der Waals surface area contributed by atoms with Gasteiger partial charge in [-0.05, 0) is 47.6 Å². The van der Waals surface area contributed by atoms with E-state index in [1.165, 1.54) is 30.4 Å². The maximum Gasteiger partial charge on any atom is 0.119 e. The molecule has 104 valence electrons. The van der Waals surface area contributed by atoms with E-state index in [-0.39, 0.29) is 0 Å². The predicted molar refractivity (Wildman–Crippen MR) is 82.6 cm³/mol.